The van der Waals surface area contributed by atoms with Crippen LogP contribution in [0.5, 0.6) is 11.5 Å². The Morgan fingerprint density at radius 3 is 2.62 bits per heavy atom. The summed E-state index contributed by atoms with van der Waals surface area (Å²) in [7, 11) is 1.53. The molecule has 0 aliphatic carbocycles. The van der Waals surface area contributed by atoms with Crippen molar-refractivity contribution in [1.29, 1.82) is 0 Å². The average Bonchev–Trinajstić information content (AvgIpc) is 2.61. The summed E-state index contributed by atoms with van der Waals surface area (Å²) in [6, 6.07) is 13.9. The molecule has 126 valence electrons. The van der Waals surface area contributed by atoms with Gasteiger partial charge in [-0.3, -0.25) is 9.59 Å². The van der Waals surface area contributed by atoms with Gasteiger partial charge in [-0.25, -0.2) is 0 Å². The number of para-hydroxylation sites is 2. The predicted molar refractivity (Wildman–Crippen MR) is 91.6 cm³/mol. The molecule has 2 aromatic carbocycles. The van der Waals surface area contributed by atoms with E-state index in [1.165, 1.54) is 7.11 Å². The lowest BCUT2D eigenvalue weighted by Gasteiger charge is -2.11. The molecule has 0 fully saturated rings. The molecule has 0 saturated carbocycles. The van der Waals surface area contributed by atoms with E-state index in [-0.39, 0.29) is 18.4 Å². The van der Waals surface area contributed by atoms with Gasteiger partial charge in [-0.1, -0.05) is 18.2 Å². The summed E-state index contributed by atoms with van der Waals surface area (Å²) in [6.45, 7) is 2.23. The molecule has 24 heavy (non-hydrogen) atoms. The summed E-state index contributed by atoms with van der Waals surface area (Å²) in [5.74, 6) is 0.491. The van der Waals surface area contributed by atoms with Crippen LogP contribution in [0.15, 0.2) is 48.5 Å². The molecule has 2 amide bonds. The molecule has 0 aliphatic rings. The predicted octanol–water partition coefficient (Wildman–Crippen LogP) is 2.46. The minimum absolute atomic E-state index is 0.142. The third-order valence-corrected chi connectivity index (χ3v) is 3.20. The van der Waals surface area contributed by atoms with E-state index >= 15 is 0 Å². The van der Waals surface area contributed by atoms with Crippen LogP contribution in [0.25, 0.3) is 0 Å². The average molecular weight is 328 g/mol. The standard InChI is InChI=1S/C18H20N2O4/c1-3-24-16-10-5-4-9-15(16)20-17(21)12-19-18(22)13-7-6-8-14(11-13)23-2/h4-11H,3,12H2,1-2H3,(H,19,22)(H,20,21). The number of ether oxygens (including phenoxy) is 2. The van der Waals surface area contributed by atoms with Crippen molar-refractivity contribution in [3.05, 3.63) is 54.1 Å². The first-order valence-corrected chi connectivity index (χ1v) is 7.58. The van der Waals surface area contributed by atoms with Crippen molar-refractivity contribution in [1.82, 2.24) is 5.32 Å². The molecule has 0 unspecified atom stereocenters. The van der Waals surface area contributed by atoms with Gasteiger partial charge in [0.15, 0.2) is 0 Å². The Bertz CT molecular complexity index is 716. The zero-order chi connectivity index (χ0) is 17.4. The number of hydrogen-bond acceptors (Lipinski definition) is 4. The SMILES string of the molecule is CCOc1ccccc1NC(=O)CNC(=O)c1cccc(OC)c1. The van der Waals surface area contributed by atoms with Crippen LogP contribution in [0.2, 0.25) is 0 Å². The zero-order valence-corrected chi connectivity index (χ0v) is 13.7. The lowest BCUT2D eigenvalue weighted by atomic mass is 10.2. The molecule has 0 bridgehead atoms. The van der Waals surface area contributed by atoms with Gasteiger partial charge in [0.25, 0.3) is 5.91 Å². The minimum Gasteiger partial charge on any atom is -0.497 e. The number of amides is 2. The Balaban J connectivity index is 1.92. The van der Waals surface area contributed by atoms with Crippen molar-refractivity contribution < 1.29 is 19.1 Å². The van der Waals surface area contributed by atoms with E-state index in [0.717, 1.165) is 0 Å². The highest BCUT2D eigenvalue weighted by Gasteiger charge is 2.11. The van der Waals surface area contributed by atoms with Crippen LogP contribution >= 0.6 is 0 Å². The first-order valence-electron chi connectivity index (χ1n) is 7.58. The van der Waals surface area contributed by atoms with E-state index in [4.69, 9.17) is 9.47 Å². The van der Waals surface area contributed by atoms with E-state index in [0.29, 0.717) is 29.4 Å². The monoisotopic (exact) mass is 328 g/mol. The Labute approximate surface area is 140 Å². The van der Waals surface area contributed by atoms with Crippen LogP contribution in [0.1, 0.15) is 17.3 Å². The van der Waals surface area contributed by atoms with Crippen molar-refractivity contribution in [3.63, 3.8) is 0 Å². The molecule has 6 nitrogen and oxygen atoms in total. The summed E-state index contributed by atoms with van der Waals surface area (Å²) in [5, 5.41) is 5.30. The highest BCUT2D eigenvalue weighted by Crippen LogP contribution is 2.23. The number of benzene rings is 2. The fourth-order valence-corrected chi connectivity index (χ4v) is 2.07. The Morgan fingerprint density at radius 1 is 1.08 bits per heavy atom. The summed E-state index contributed by atoms with van der Waals surface area (Å²) < 4.78 is 10.5. The second-order valence-electron chi connectivity index (χ2n) is 4.89. The summed E-state index contributed by atoms with van der Waals surface area (Å²) in [5.41, 5.74) is 0.997. The molecule has 2 rings (SSSR count). The lowest BCUT2D eigenvalue weighted by molar-refractivity contribution is -0.115. The molecule has 0 spiro atoms. The van der Waals surface area contributed by atoms with E-state index in [2.05, 4.69) is 10.6 Å². The Kier molecular flexibility index (Phi) is 6.19. The van der Waals surface area contributed by atoms with Gasteiger partial charge in [-0.05, 0) is 37.3 Å². The van der Waals surface area contributed by atoms with E-state index in [9.17, 15) is 9.59 Å². The Morgan fingerprint density at radius 2 is 1.88 bits per heavy atom. The van der Waals surface area contributed by atoms with Crippen LogP contribution in [0.4, 0.5) is 5.69 Å². The smallest absolute Gasteiger partial charge is 0.251 e. The van der Waals surface area contributed by atoms with Crippen LogP contribution < -0.4 is 20.1 Å². The molecule has 2 aromatic rings. The fourth-order valence-electron chi connectivity index (χ4n) is 2.07. The highest BCUT2D eigenvalue weighted by molar-refractivity contribution is 6.00. The maximum absolute atomic E-state index is 12.1. The highest BCUT2D eigenvalue weighted by atomic mass is 16.5. The number of carbonyl (C=O) groups is 2. The van der Waals surface area contributed by atoms with Gasteiger partial charge >= 0.3 is 0 Å². The van der Waals surface area contributed by atoms with Gasteiger partial charge < -0.3 is 20.1 Å². The van der Waals surface area contributed by atoms with Crippen LogP contribution in [-0.2, 0) is 4.79 Å². The second-order valence-corrected chi connectivity index (χ2v) is 4.89. The largest absolute Gasteiger partial charge is 0.497 e. The third kappa shape index (κ3) is 4.74. The minimum atomic E-state index is -0.345. The number of rotatable bonds is 7. The van der Waals surface area contributed by atoms with Gasteiger partial charge in [0.05, 0.1) is 25.9 Å². The second kappa shape index (κ2) is 8.57. The maximum Gasteiger partial charge on any atom is 0.251 e. The first-order chi connectivity index (χ1) is 11.6. The lowest BCUT2D eigenvalue weighted by Crippen LogP contribution is -2.32. The van der Waals surface area contributed by atoms with Crippen LogP contribution in [-0.4, -0.2) is 32.1 Å². The summed E-state index contributed by atoms with van der Waals surface area (Å²) in [6.07, 6.45) is 0. The number of anilines is 1. The van der Waals surface area contributed by atoms with Gasteiger partial charge in [0, 0.05) is 5.56 Å². The molecule has 0 aromatic heterocycles. The molecule has 0 radical (unpaired) electrons. The van der Waals surface area contributed by atoms with Gasteiger partial charge in [-0.2, -0.15) is 0 Å². The Hall–Kier alpha value is -3.02. The van der Waals surface area contributed by atoms with E-state index < -0.39 is 0 Å². The molecule has 0 aliphatic heterocycles. The van der Waals surface area contributed by atoms with Gasteiger partial charge in [-0.15, -0.1) is 0 Å². The molecule has 0 saturated heterocycles. The first kappa shape index (κ1) is 17.3. The topological polar surface area (TPSA) is 76.7 Å². The van der Waals surface area contributed by atoms with Crippen molar-refractivity contribution in [3.8, 4) is 11.5 Å². The zero-order valence-electron chi connectivity index (χ0n) is 13.7. The number of methoxy groups -OCH3 is 1. The van der Waals surface area contributed by atoms with Crippen molar-refractivity contribution in [2.75, 3.05) is 25.6 Å². The molecular weight excluding hydrogens is 308 g/mol. The quantitative estimate of drug-likeness (QED) is 0.818. The summed E-state index contributed by atoms with van der Waals surface area (Å²) in [4.78, 5) is 24.1. The maximum atomic E-state index is 12.1. The van der Waals surface area contributed by atoms with Gasteiger partial charge in [0.2, 0.25) is 5.91 Å². The number of hydrogen-bond donors (Lipinski definition) is 2. The van der Waals surface area contributed by atoms with Crippen molar-refractivity contribution in [2.24, 2.45) is 0 Å². The molecule has 6 heteroatoms. The third-order valence-electron chi connectivity index (χ3n) is 3.20. The molecular formula is C18H20N2O4. The number of nitrogens with one attached hydrogen (secondary N) is 2. The molecule has 2 N–H and O–H groups in total. The fraction of sp³-hybridized carbons (Fsp3) is 0.222. The van der Waals surface area contributed by atoms with E-state index in [1.54, 1.807) is 42.5 Å². The molecule has 0 heterocycles. The van der Waals surface area contributed by atoms with Crippen molar-refractivity contribution in [2.45, 2.75) is 6.92 Å². The number of carbonyl (C=O) groups excluding carboxylic acids is 2. The molecule has 0 atom stereocenters. The van der Waals surface area contributed by atoms with Crippen molar-refractivity contribution >= 4 is 17.5 Å². The van der Waals surface area contributed by atoms with Crippen LogP contribution in [0, 0.1) is 0 Å². The normalized spacial score (nSPS) is 9.92. The van der Waals surface area contributed by atoms with E-state index in [1.807, 2.05) is 13.0 Å². The van der Waals surface area contributed by atoms with Crippen LogP contribution in [0.3, 0.4) is 0 Å². The van der Waals surface area contributed by atoms with Gasteiger partial charge in [0.1, 0.15) is 11.5 Å². The summed E-state index contributed by atoms with van der Waals surface area (Å²) >= 11 is 0.